The minimum atomic E-state index is -1.21. The largest absolute Gasteiger partial charge is 0.480 e. The van der Waals surface area contributed by atoms with Gasteiger partial charge in [-0.2, -0.15) is 0 Å². The maximum atomic E-state index is 11.3. The van der Waals surface area contributed by atoms with Gasteiger partial charge in [-0.1, -0.05) is 0 Å². The van der Waals surface area contributed by atoms with E-state index in [0.717, 1.165) is 0 Å². The summed E-state index contributed by atoms with van der Waals surface area (Å²) in [5.41, 5.74) is 5.27. The molecule has 0 aromatic heterocycles. The van der Waals surface area contributed by atoms with Crippen LogP contribution < -0.4 is 27.0 Å². The van der Waals surface area contributed by atoms with Gasteiger partial charge in [0.25, 0.3) is 0 Å². The summed E-state index contributed by atoms with van der Waals surface area (Å²) in [6.45, 7) is -0.226. The van der Waals surface area contributed by atoms with Gasteiger partial charge in [0, 0.05) is 0 Å². The van der Waals surface area contributed by atoms with E-state index in [1.165, 1.54) is 6.92 Å². The molecule has 1 atom stereocenters. The molecule has 11 heteroatoms. The van der Waals surface area contributed by atoms with Crippen LogP contribution in [-0.4, -0.2) is 66.9 Å². The number of carboxylic acid groups (broad SMARTS) is 1. The maximum absolute atomic E-state index is 11.3. The lowest BCUT2D eigenvalue weighted by atomic mass is 10.3. The van der Waals surface area contributed by atoms with Gasteiger partial charge in [-0.05, 0) is 6.92 Å². The van der Waals surface area contributed by atoms with Gasteiger partial charge >= 0.3 is 5.97 Å². The van der Waals surface area contributed by atoms with E-state index in [4.69, 9.17) is 10.8 Å². The second kappa shape index (κ2) is 10.1. The summed E-state index contributed by atoms with van der Waals surface area (Å²) in [6.07, 6.45) is 0. The van der Waals surface area contributed by atoms with Crippen molar-refractivity contribution in [2.75, 3.05) is 26.2 Å². The first kappa shape index (κ1) is 19.3. The highest BCUT2D eigenvalue weighted by molar-refractivity contribution is 5.91. The summed E-state index contributed by atoms with van der Waals surface area (Å²) in [5, 5.41) is 17.0. The first-order valence-electron chi connectivity index (χ1n) is 6.27. The number of carbonyl (C=O) groups excluding carboxylic acids is 4. The molecule has 0 rings (SSSR count). The van der Waals surface area contributed by atoms with E-state index in [2.05, 4.69) is 16.0 Å². The third kappa shape index (κ3) is 10.1. The number of nitrogens with two attached hydrogens (primary N) is 1. The Labute approximate surface area is 126 Å². The summed E-state index contributed by atoms with van der Waals surface area (Å²) in [5.74, 6) is -3.63. The highest BCUT2D eigenvalue weighted by Crippen LogP contribution is 1.75. The molecule has 0 saturated heterocycles. The summed E-state index contributed by atoms with van der Waals surface area (Å²) < 4.78 is 0. The third-order valence-electron chi connectivity index (χ3n) is 2.17. The summed E-state index contributed by atoms with van der Waals surface area (Å²) in [7, 11) is 0. The van der Waals surface area contributed by atoms with Crippen molar-refractivity contribution in [3.8, 4) is 0 Å². The molecule has 0 heterocycles. The van der Waals surface area contributed by atoms with Crippen LogP contribution in [0.2, 0.25) is 0 Å². The molecule has 7 N–H and O–H groups in total. The van der Waals surface area contributed by atoms with Crippen molar-refractivity contribution in [1.82, 2.24) is 21.3 Å². The lowest BCUT2D eigenvalue weighted by molar-refractivity contribution is -0.137. The molecule has 0 fully saturated rings. The van der Waals surface area contributed by atoms with Gasteiger partial charge in [-0.3, -0.25) is 24.0 Å². The van der Waals surface area contributed by atoms with Gasteiger partial charge in [-0.25, -0.2) is 0 Å². The summed E-state index contributed by atoms with van der Waals surface area (Å²) in [6, 6.07) is -0.750. The smallest absolute Gasteiger partial charge is 0.322 e. The van der Waals surface area contributed by atoms with Gasteiger partial charge in [0.05, 0.1) is 25.7 Å². The molecular weight excluding hydrogens is 298 g/mol. The zero-order valence-electron chi connectivity index (χ0n) is 12.0. The van der Waals surface area contributed by atoms with Gasteiger partial charge < -0.3 is 32.1 Å². The van der Waals surface area contributed by atoms with Crippen molar-refractivity contribution >= 4 is 29.6 Å². The predicted molar refractivity (Wildman–Crippen MR) is 73.3 cm³/mol. The Morgan fingerprint density at radius 3 is 1.55 bits per heavy atom. The van der Waals surface area contributed by atoms with Crippen LogP contribution >= 0.6 is 0 Å². The minimum absolute atomic E-state index is 0.327. The second-order valence-electron chi connectivity index (χ2n) is 4.23. The molecule has 0 spiro atoms. The molecular formula is C11H19N5O6. The Morgan fingerprint density at radius 1 is 0.818 bits per heavy atom. The van der Waals surface area contributed by atoms with Crippen LogP contribution in [0.5, 0.6) is 0 Å². The van der Waals surface area contributed by atoms with Crippen LogP contribution in [0.4, 0.5) is 0 Å². The van der Waals surface area contributed by atoms with Crippen molar-refractivity contribution < 1.29 is 29.1 Å². The van der Waals surface area contributed by atoms with Crippen molar-refractivity contribution in [3.05, 3.63) is 0 Å². The molecule has 0 aliphatic rings. The van der Waals surface area contributed by atoms with Crippen LogP contribution in [0.25, 0.3) is 0 Å². The van der Waals surface area contributed by atoms with E-state index in [-0.39, 0.29) is 13.1 Å². The Bertz CT molecular complexity index is 450. The normalized spacial score (nSPS) is 11.0. The Kier molecular flexibility index (Phi) is 8.86. The fraction of sp³-hybridized carbons (Fsp3) is 0.545. The molecule has 0 aromatic carbocycles. The highest BCUT2D eigenvalue weighted by atomic mass is 16.4. The van der Waals surface area contributed by atoms with Crippen LogP contribution in [0, 0.1) is 0 Å². The van der Waals surface area contributed by atoms with Crippen LogP contribution in [0.3, 0.4) is 0 Å². The number of amides is 4. The first-order chi connectivity index (χ1) is 10.2. The quantitative estimate of drug-likeness (QED) is 0.250. The topological polar surface area (TPSA) is 180 Å². The molecule has 0 aromatic rings. The lowest BCUT2D eigenvalue weighted by Gasteiger charge is -2.09. The van der Waals surface area contributed by atoms with E-state index >= 15 is 0 Å². The van der Waals surface area contributed by atoms with E-state index < -0.39 is 48.7 Å². The fourth-order valence-electron chi connectivity index (χ4n) is 1.05. The molecule has 0 saturated carbocycles. The van der Waals surface area contributed by atoms with Crippen LogP contribution in [0.15, 0.2) is 0 Å². The highest BCUT2D eigenvalue weighted by Gasteiger charge is 2.11. The monoisotopic (exact) mass is 317 g/mol. The molecule has 0 unspecified atom stereocenters. The molecule has 0 aliphatic carbocycles. The average molecular weight is 317 g/mol. The van der Waals surface area contributed by atoms with E-state index in [9.17, 15) is 24.0 Å². The van der Waals surface area contributed by atoms with Gasteiger partial charge in [0.1, 0.15) is 6.54 Å². The van der Waals surface area contributed by atoms with Gasteiger partial charge in [-0.15, -0.1) is 0 Å². The lowest BCUT2D eigenvalue weighted by Crippen LogP contribution is -2.46. The van der Waals surface area contributed by atoms with Gasteiger partial charge in [0.2, 0.25) is 23.6 Å². The number of nitrogens with one attached hydrogen (secondary N) is 4. The molecule has 22 heavy (non-hydrogen) atoms. The minimum Gasteiger partial charge on any atom is -0.480 e. The third-order valence-corrected chi connectivity index (χ3v) is 2.17. The number of aliphatic carboxylic acids is 1. The number of carbonyl (C=O) groups is 5. The van der Waals surface area contributed by atoms with Crippen molar-refractivity contribution in [1.29, 1.82) is 0 Å². The van der Waals surface area contributed by atoms with Crippen molar-refractivity contribution in [2.45, 2.75) is 13.0 Å². The van der Waals surface area contributed by atoms with Crippen molar-refractivity contribution in [3.63, 3.8) is 0 Å². The summed E-state index contributed by atoms with van der Waals surface area (Å²) >= 11 is 0. The Balaban J connectivity index is 3.80. The molecule has 4 amide bonds. The molecule has 0 radical (unpaired) electrons. The SMILES string of the molecule is C[C@H](N)C(=O)NCC(=O)NCC(=O)NCC(=O)NCC(=O)O. The van der Waals surface area contributed by atoms with E-state index in [0.29, 0.717) is 0 Å². The Morgan fingerprint density at radius 2 is 1.18 bits per heavy atom. The molecule has 0 bridgehead atoms. The van der Waals surface area contributed by atoms with Crippen molar-refractivity contribution in [2.24, 2.45) is 5.73 Å². The molecule has 124 valence electrons. The number of carboxylic acids is 1. The number of hydrogen-bond donors (Lipinski definition) is 6. The van der Waals surface area contributed by atoms with Crippen LogP contribution in [-0.2, 0) is 24.0 Å². The standard InChI is InChI=1S/C11H19N5O6/c1-6(12)11(22)16-4-9(19)14-2-7(17)13-3-8(18)15-5-10(20)21/h6H,2-5,12H2,1H3,(H,13,17)(H,14,19)(H,15,18)(H,16,22)(H,20,21)/t6-/m0/s1. The van der Waals surface area contributed by atoms with E-state index in [1.54, 1.807) is 0 Å². The fourth-order valence-corrected chi connectivity index (χ4v) is 1.05. The molecule has 11 nitrogen and oxygen atoms in total. The number of rotatable bonds is 9. The molecule has 0 aliphatic heterocycles. The van der Waals surface area contributed by atoms with Crippen LogP contribution in [0.1, 0.15) is 6.92 Å². The number of hydrogen-bond acceptors (Lipinski definition) is 6. The zero-order chi connectivity index (χ0) is 17.1. The van der Waals surface area contributed by atoms with E-state index in [1.807, 2.05) is 5.32 Å². The predicted octanol–water partition coefficient (Wildman–Crippen LogP) is -4.12. The first-order valence-corrected chi connectivity index (χ1v) is 6.27. The average Bonchev–Trinajstić information content (AvgIpc) is 2.45. The summed E-state index contributed by atoms with van der Waals surface area (Å²) in [4.78, 5) is 55.0. The van der Waals surface area contributed by atoms with Gasteiger partial charge in [0.15, 0.2) is 0 Å². The zero-order valence-corrected chi connectivity index (χ0v) is 12.0. The Hall–Kier alpha value is -2.69. The maximum Gasteiger partial charge on any atom is 0.322 e. The second-order valence-corrected chi connectivity index (χ2v) is 4.23.